The molecule has 0 heterocycles. The van der Waals surface area contributed by atoms with Crippen molar-refractivity contribution in [3.8, 4) is 0 Å². The van der Waals surface area contributed by atoms with E-state index in [1.807, 2.05) is 44.2 Å². The molecule has 1 rings (SSSR count). The van der Waals surface area contributed by atoms with E-state index < -0.39 is 5.41 Å². The summed E-state index contributed by atoms with van der Waals surface area (Å²) in [5, 5.41) is 12.2. The fourth-order valence-electron chi connectivity index (χ4n) is 1.65. The van der Waals surface area contributed by atoms with Crippen LogP contribution in [-0.2, 0) is 4.79 Å². The van der Waals surface area contributed by atoms with Crippen molar-refractivity contribution in [2.24, 2.45) is 11.1 Å². The quantitative estimate of drug-likeness (QED) is 0.710. The van der Waals surface area contributed by atoms with Crippen molar-refractivity contribution in [1.29, 1.82) is 0 Å². The lowest BCUT2D eigenvalue weighted by Gasteiger charge is -2.28. The van der Waals surface area contributed by atoms with Gasteiger partial charge in [-0.15, -0.1) is 0 Å². The van der Waals surface area contributed by atoms with Crippen LogP contribution in [0, 0.1) is 5.41 Å². The number of benzene rings is 1. The number of rotatable bonds is 6. The van der Waals surface area contributed by atoms with Crippen molar-refractivity contribution in [2.75, 3.05) is 13.2 Å². The van der Waals surface area contributed by atoms with Crippen molar-refractivity contribution < 1.29 is 9.90 Å². The lowest BCUT2D eigenvalue weighted by atomic mass is 9.86. The molecular formula is C14H22N2O2. The molecule has 4 heteroatoms. The maximum atomic E-state index is 12.2. The minimum Gasteiger partial charge on any atom is -0.394 e. The van der Waals surface area contributed by atoms with E-state index in [1.165, 1.54) is 0 Å². The van der Waals surface area contributed by atoms with Crippen molar-refractivity contribution in [2.45, 2.75) is 26.3 Å². The molecule has 2 atom stereocenters. The summed E-state index contributed by atoms with van der Waals surface area (Å²) >= 11 is 0. The number of amides is 1. The normalized spacial score (nSPS) is 15.8. The van der Waals surface area contributed by atoms with E-state index in [0.717, 1.165) is 5.56 Å². The van der Waals surface area contributed by atoms with E-state index in [0.29, 0.717) is 13.0 Å². The summed E-state index contributed by atoms with van der Waals surface area (Å²) in [6.07, 6.45) is 0.669. The van der Waals surface area contributed by atoms with Gasteiger partial charge in [0, 0.05) is 6.54 Å². The maximum absolute atomic E-state index is 12.2. The molecule has 0 bridgehead atoms. The standard InChI is InChI=1S/C14H22N2O2/c1-3-14(2,10-15)13(18)16-12(9-17)11-7-5-4-6-8-11/h4-8,12,17H,3,9-10,15H2,1-2H3,(H,16,18). The molecule has 0 aliphatic heterocycles. The fraction of sp³-hybridized carbons (Fsp3) is 0.500. The van der Waals surface area contributed by atoms with Crippen LogP contribution in [0.1, 0.15) is 31.9 Å². The van der Waals surface area contributed by atoms with E-state index in [2.05, 4.69) is 5.32 Å². The molecule has 1 amide bonds. The first-order chi connectivity index (χ1) is 8.57. The third kappa shape index (κ3) is 3.31. The van der Waals surface area contributed by atoms with Crippen LogP contribution in [0.25, 0.3) is 0 Å². The van der Waals surface area contributed by atoms with Crippen LogP contribution in [0.15, 0.2) is 30.3 Å². The number of aliphatic hydroxyl groups is 1. The molecule has 2 unspecified atom stereocenters. The van der Waals surface area contributed by atoms with Gasteiger partial charge in [-0.2, -0.15) is 0 Å². The molecule has 0 aliphatic rings. The van der Waals surface area contributed by atoms with Crippen molar-refractivity contribution >= 4 is 5.91 Å². The third-order valence-electron chi connectivity index (χ3n) is 3.47. The van der Waals surface area contributed by atoms with Gasteiger partial charge in [-0.25, -0.2) is 0 Å². The molecule has 0 spiro atoms. The van der Waals surface area contributed by atoms with Gasteiger partial charge in [0.25, 0.3) is 0 Å². The molecule has 0 radical (unpaired) electrons. The summed E-state index contributed by atoms with van der Waals surface area (Å²) in [6, 6.07) is 9.05. The molecule has 0 saturated carbocycles. The Morgan fingerprint density at radius 3 is 2.50 bits per heavy atom. The number of carbonyl (C=O) groups is 1. The minimum atomic E-state index is -0.581. The highest BCUT2D eigenvalue weighted by molar-refractivity contribution is 5.82. The van der Waals surface area contributed by atoms with Gasteiger partial charge >= 0.3 is 0 Å². The van der Waals surface area contributed by atoms with Gasteiger partial charge in [0.2, 0.25) is 5.91 Å². The van der Waals surface area contributed by atoms with E-state index in [-0.39, 0.29) is 18.6 Å². The monoisotopic (exact) mass is 250 g/mol. The van der Waals surface area contributed by atoms with Crippen LogP contribution in [0.2, 0.25) is 0 Å². The second kappa shape index (κ2) is 6.52. The fourth-order valence-corrected chi connectivity index (χ4v) is 1.65. The molecular weight excluding hydrogens is 228 g/mol. The maximum Gasteiger partial charge on any atom is 0.227 e. The summed E-state index contributed by atoms with van der Waals surface area (Å²) in [6.45, 7) is 3.94. The SMILES string of the molecule is CCC(C)(CN)C(=O)NC(CO)c1ccccc1. The molecule has 100 valence electrons. The summed E-state index contributed by atoms with van der Waals surface area (Å²) in [4.78, 5) is 12.2. The van der Waals surface area contributed by atoms with Gasteiger partial charge < -0.3 is 16.2 Å². The molecule has 0 aromatic heterocycles. The Balaban J connectivity index is 2.79. The lowest BCUT2D eigenvalue weighted by Crippen LogP contribution is -2.45. The predicted octanol–water partition coefficient (Wildman–Crippen LogP) is 1.21. The topological polar surface area (TPSA) is 75.4 Å². The first-order valence-electron chi connectivity index (χ1n) is 6.24. The first-order valence-corrected chi connectivity index (χ1v) is 6.24. The number of carbonyl (C=O) groups excluding carboxylic acids is 1. The molecule has 4 nitrogen and oxygen atoms in total. The van der Waals surface area contributed by atoms with Crippen molar-refractivity contribution in [3.05, 3.63) is 35.9 Å². The highest BCUT2D eigenvalue weighted by Crippen LogP contribution is 2.21. The molecule has 0 fully saturated rings. The zero-order valence-electron chi connectivity index (χ0n) is 11.0. The smallest absolute Gasteiger partial charge is 0.227 e. The minimum absolute atomic E-state index is 0.115. The lowest BCUT2D eigenvalue weighted by molar-refractivity contribution is -0.131. The highest BCUT2D eigenvalue weighted by atomic mass is 16.3. The molecule has 0 saturated heterocycles. The molecule has 0 aliphatic carbocycles. The van der Waals surface area contributed by atoms with Crippen LogP contribution < -0.4 is 11.1 Å². The molecule has 18 heavy (non-hydrogen) atoms. The van der Waals surface area contributed by atoms with E-state index in [1.54, 1.807) is 0 Å². The van der Waals surface area contributed by atoms with Crippen LogP contribution in [0.3, 0.4) is 0 Å². The Morgan fingerprint density at radius 1 is 1.44 bits per heavy atom. The average molecular weight is 250 g/mol. The van der Waals surface area contributed by atoms with Gasteiger partial charge in [-0.1, -0.05) is 37.3 Å². The zero-order valence-corrected chi connectivity index (χ0v) is 11.0. The van der Waals surface area contributed by atoms with Crippen molar-refractivity contribution in [1.82, 2.24) is 5.32 Å². The van der Waals surface area contributed by atoms with Gasteiger partial charge in [0.05, 0.1) is 18.1 Å². The third-order valence-corrected chi connectivity index (χ3v) is 3.47. The number of hydrogen-bond donors (Lipinski definition) is 3. The number of nitrogens with one attached hydrogen (secondary N) is 1. The Bertz CT molecular complexity index is 375. The van der Waals surface area contributed by atoms with Crippen LogP contribution >= 0.6 is 0 Å². The second-order valence-electron chi connectivity index (χ2n) is 4.74. The predicted molar refractivity (Wildman–Crippen MR) is 71.9 cm³/mol. The summed E-state index contributed by atoms with van der Waals surface area (Å²) in [5.74, 6) is -0.115. The highest BCUT2D eigenvalue weighted by Gasteiger charge is 2.31. The molecule has 1 aromatic carbocycles. The van der Waals surface area contributed by atoms with E-state index in [9.17, 15) is 9.90 Å². The average Bonchev–Trinajstić information content (AvgIpc) is 2.44. The number of hydrogen-bond acceptors (Lipinski definition) is 3. The van der Waals surface area contributed by atoms with Crippen LogP contribution in [-0.4, -0.2) is 24.2 Å². The van der Waals surface area contributed by atoms with E-state index in [4.69, 9.17) is 5.73 Å². The van der Waals surface area contributed by atoms with Gasteiger partial charge in [0.15, 0.2) is 0 Å². The van der Waals surface area contributed by atoms with E-state index >= 15 is 0 Å². The van der Waals surface area contributed by atoms with Gasteiger partial charge in [-0.05, 0) is 18.9 Å². The van der Waals surface area contributed by atoms with Crippen LogP contribution in [0.5, 0.6) is 0 Å². The zero-order chi connectivity index (χ0) is 13.6. The van der Waals surface area contributed by atoms with Gasteiger partial charge in [-0.3, -0.25) is 4.79 Å². The van der Waals surface area contributed by atoms with Gasteiger partial charge in [0.1, 0.15) is 0 Å². The Labute approximate surface area is 108 Å². The second-order valence-corrected chi connectivity index (χ2v) is 4.74. The van der Waals surface area contributed by atoms with Crippen LogP contribution in [0.4, 0.5) is 0 Å². The molecule has 1 aromatic rings. The number of aliphatic hydroxyl groups excluding tert-OH is 1. The molecule has 4 N–H and O–H groups in total. The first kappa shape index (κ1) is 14.7. The Hall–Kier alpha value is -1.39. The number of nitrogens with two attached hydrogens (primary N) is 1. The summed E-state index contributed by atoms with van der Waals surface area (Å²) in [5.41, 5.74) is 5.96. The van der Waals surface area contributed by atoms with Crippen molar-refractivity contribution in [3.63, 3.8) is 0 Å². The summed E-state index contributed by atoms with van der Waals surface area (Å²) in [7, 11) is 0. The Morgan fingerprint density at radius 2 is 2.06 bits per heavy atom. The summed E-state index contributed by atoms with van der Waals surface area (Å²) < 4.78 is 0. The Kier molecular flexibility index (Phi) is 5.31. The largest absolute Gasteiger partial charge is 0.394 e.